The summed E-state index contributed by atoms with van der Waals surface area (Å²) in [7, 11) is 0. The third-order valence-electron chi connectivity index (χ3n) is 4.60. The fourth-order valence-corrected chi connectivity index (χ4v) is 3.77. The number of nitrogens with one attached hydrogen (secondary N) is 2. The maximum Gasteiger partial charge on any atom is 0.317 e. The van der Waals surface area contributed by atoms with E-state index in [9.17, 15) is 9.59 Å². The molecule has 3 amide bonds. The topological polar surface area (TPSA) is 87.2 Å². The van der Waals surface area contributed by atoms with E-state index in [1.165, 1.54) is 30.6 Å². The molecule has 1 aromatic heterocycles. The summed E-state index contributed by atoms with van der Waals surface area (Å²) in [6, 6.07) is 0.275. The first kappa shape index (κ1) is 16.2. The molecule has 0 spiro atoms. The number of nitrogens with zero attached hydrogens (tertiary/aromatic N) is 3. The molecule has 0 bridgehead atoms. The molecule has 1 saturated heterocycles. The van der Waals surface area contributed by atoms with Gasteiger partial charge in [0, 0.05) is 19.1 Å². The summed E-state index contributed by atoms with van der Waals surface area (Å²) >= 11 is 1.30. The second-order valence-corrected chi connectivity index (χ2v) is 7.14. The molecule has 3 rings (SSSR count). The maximum atomic E-state index is 12.4. The van der Waals surface area contributed by atoms with E-state index in [0.717, 1.165) is 32.2 Å². The SMILES string of the molecule is O=C(Nc1nncs1)[C@H]1CCCN(C(=O)NC2CCCCC2)C1. The zero-order chi connectivity index (χ0) is 16.1. The highest BCUT2D eigenvalue weighted by Crippen LogP contribution is 2.21. The average Bonchev–Trinajstić information content (AvgIpc) is 3.09. The summed E-state index contributed by atoms with van der Waals surface area (Å²) in [6.07, 6.45) is 7.45. The lowest BCUT2D eigenvalue weighted by atomic mass is 9.95. The van der Waals surface area contributed by atoms with Gasteiger partial charge >= 0.3 is 6.03 Å². The molecule has 1 saturated carbocycles. The molecular weight excluding hydrogens is 314 g/mol. The summed E-state index contributed by atoms with van der Waals surface area (Å²) in [5, 5.41) is 14.0. The molecule has 0 radical (unpaired) electrons. The molecule has 2 heterocycles. The van der Waals surface area contributed by atoms with Gasteiger partial charge < -0.3 is 15.5 Å². The Kier molecular flexibility index (Phi) is 5.43. The summed E-state index contributed by atoms with van der Waals surface area (Å²) in [5.41, 5.74) is 1.58. The fourth-order valence-electron chi connectivity index (χ4n) is 3.32. The number of hydrogen-bond acceptors (Lipinski definition) is 5. The molecule has 0 unspecified atom stereocenters. The van der Waals surface area contributed by atoms with Crippen LogP contribution in [-0.2, 0) is 4.79 Å². The number of hydrogen-bond donors (Lipinski definition) is 2. The number of carbonyl (C=O) groups is 2. The number of likely N-dealkylation sites (tertiary alicyclic amines) is 1. The second-order valence-electron chi connectivity index (χ2n) is 6.30. The first-order valence-electron chi connectivity index (χ1n) is 8.35. The highest BCUT2D eigenvalue weighted by molar-refractivity contribution is 7.13. The number of amides is 3. The molecular formula is C15H23N5O2S. The molecule has 1 atom stereocenters. The van der Waals surface area contributed by atoms with Crippen LogP contribution in [0.2, 0.25) is 0 Å². The fraction of sp³-hybridized carbons (Fsp3) is 0.733. The third kappa shape index (κ3) is 4.40. The Hall–Kier alpha value is -1.70. The monoisotopic (exact) mass is 337 g/mol. The van der Waals surface area contributed by atoms with E-state index >= 15 is 0 Å². The normalized spacial score (nSPS) is 22.6. The standard InChI is InChI=1S/C15H23N5O2S/c21-13(18-14-19-16-10-23-14)11-5-4-8-20(9-11)15(22)17-12-6-2-1-3-7-12/h10-12H,1-9H2,(H,17,22)(H,18,19,21)/t11-/m0/s1. The molecule has 8 heteroatoms. The Balaban J connectivity index is 1.50. The van der Waals surface area contributed by atoms with Crippen LogP contribution in [-0.4, -0.2) is 46.2 Å². The van der Waals surface area contributed by atoms with Gasteiger partial charge in [0.2, 0.25) is 11.0 Å². The maximum absolute atomic E-state index is 12.4. The van der Waals surface area contributed by atoms with E-state index in [1.807, 2.05) is 0 Å². The lowest BCUT2D eigenvalue weighted by molar-refractivity contribution is -0.121. The Labute approximate surface area is 139 Å². The van der Waals surface area contributed by atoms with Gasteiger partial charge in [-0.3, -0.25) is 4.79 Å². The molecule has 2 aliphatic rings. The largest absolute Gasteiger partial charge is 0.335 e. The highest BCUT2D eigenvalue weighted by Gasteiger charge is 2.29. The van der Waals surface area contributed by atoms with Crippen LogP contribution in [0.15, 0.2) is 5.51 Å². The van der Waals surface area contributed by atoms with Crippen LogP contribution < -0.4 is 10.6 Å². The van der Waals surface area contributed by atoms with Gasteiger partial charge in [-0.1, -0.05) is 30.6 Å². The van der Waals surface area contributed by atoms with Crippen LogP contribution in [0.4, 0.5) is 9.93 Å². The summed E-state index contributed by atoms with van der Waals surface area (Å²) in [4.78, 5) is 26.5. The smallest absolute Gasteiger partial charge is 0.317 e. The predicted octanol–water partition coefficient (Wildman–Crippen LogP) is 2.23. The number of anilines is 1. The molecule has 126 valence electrons. The molecule has 2 fully saturated rings. The zero-order valence-corrected chi connectivity index (χ0v) is 14.0. The number of aromatic nitrogens is 2. The van der Waals surface area contributed by atoms with Crippen molar-refractivity contribution >= 4 is 28.4 Å². The van der Waals surface area contributed by atoms with Crippen LogP contribution in [0.1, 0.15) is 44.9 Å². The van der Waals surface area contributed by atoms with E-state index in [4.69, 9.17) is 0 Å². The van der Waals surface area contributed by atoms with Gasteiger partial charge in [0.1, 0.15) is 5.51 Å². The Morgan fingerprint density at radius 2 is 2.00 bits per heavy atom. The lowest BCUT2D eigenvalue weighted by Gasteiger charge is -2.33. The third-order valence-corrected chi connectivity index (χ3v) is 5.21. The lowest BCUT2D eigenvalue weighted by Crippen LogP contribution is -2.50. The summed E-state index contributed by atoms with van der Waals surface area (Å²) in [5.74, 6) is -0.248. The first-order chi connectivity index (χ1) is 11.2. The van der Waals surface area contributed by atoms with E-state index in [-0.39, 0.29) is 17.9 Å². The number of carbonyl (C=O) groups excluding carboxylic acids is 2. The molecule has 2 N–H and O–H groups in total. The number of urea groups is 1. The quantitative estimate of drug-likeness (QED) is 0.885. The number of rotatable bonds is 3. The zero-order valence-electron chi connectivity index (χ0n) is 13.2. The molecule has 1 aliphatic carbocycles. The Morgan fingerprint density at radius 3 is 2.74 bits per heavy atom. The first-order valence-corrected chi connectivity index (χ1v) is 9.23. The molecule has 0 aromatic carbocycles. The van der Waals surface area contributed by atoms with E-state index in [2.05, 4.69) is 20.8 Å². The van der Waals surface area contributed by atoms with Crippen LogP contribution in [0.5, 0.6) is 0 Å². The van der Waals surface area contributed by atoms with Crippen LogP contribution in [0, 0.1) is 5.92 Å². The Morgan fingerprint density at radius 1 is 1.17 bits per heavy atom. The minimum Gasteiger partial charge on any atom is -0.335 e. The van der Waals surface area contributed by atoms with Gasteiger partial charge in [0.05, 0.1) is 5.92 Å². The van der Waals surface area contributed by atoms with Crippen LogP contribution in [0.25, 0.3) is 0 Å². The van der Waals surface area contributed by atoms with Gasteiger partial charge in [-0.15, -0.1) is 10.2 Å². The minimum absolute atomic E-state index is 0.0229. The minimum atomic E-state index is -0.176. The van der Waals surface area contributed by atoms with Crippen molar-refractivity contribution in [2.45, 2.75) is 51.0 Å². The average molecular weight is 337 g/mol. The van der Waals surface area contributed by atoms with Crippen LogP contribution in [0.3, 0.4) is 0 Å². The summed E-state index contributed by atoms with van der Waals surface area (Å²) < 4.78 is 0. The number of piperidine rings is 1. The second kappa shape index (κ2) is 7.72. The van der Waals surface area contributed by atoms with Crippen molar-refractivity contribution in [1.29, 1.82) is 0 Å². The van der Waals surface area contributed by atoms with E-state index in [1.54, 1.807) is 10.4 Å². The van der Waals surface area contributed by atoms with E-state index < -0.39 is 0 Å². The van der Waals surface area contributed by atoms with Crippen LogP contribution >= 0.6 is 11.3 Å². The van der Waals surface area contributed by atoms with Crippen molar-refractivity contribution in [3.05, 3.63) is 5.51 Å². The van der Waals surface area contributed by atoms with Crippen molar-refractivity contribution < 1.29 is 9.59 Å². The van der Waals surface area contributed by atoms with Gasteiger partial charge in [0.15, 0.2) is 0 Å². The highest BCUT2D eigenvalue weighted by atomic mass is 32.1. The van der Waals surface area contributed by atoms with Gasteiger partial charge in [-0.25, -0.2) is 4.79 Å². The van der Waals surface area contributed by atoms with Crippen molar-refractivity contribution in [3.63, 3.8) is 0 Å². The molecule has 1 aliphatic heterocycles. The van der Waals surface area contributed by atoms with Crippen molar-refractivity contribution in [2.24, 2.45) is 5.92 Å². The van der Waals surface area contributed by atoms with Gasteiger partial charge in [-0.05, 0) is 25.7 Å². The van der Waals surface area contributed by atoms with Gasteiger partial charge in [0.25, 0.3) is 0 Å². The molecule has 23 heavy (non-hydrogen) atoms. The molecule has 1 aromatic rings. The van der Waals surface area contributed by atoms with Crippen molar-refractivity contribution in [1.82, 2.24) is 20.4 Å². The van der Waals surface area contributed by atoms with Crippen molar-refractivity contribution in [2.75, 3.05) is 18.4 Å². The van der Waals surface area contributed by atoms with Crippen molar-refractivity contribution in [3.8, 4) is 0 Å². The van der Waals surface area contributed by atoms with E-state index in [0.29, 0.717) is 17.7 Å². The Bertz CT molecular complexity index is 530. The van der Waals surface area contributed by atoms with Gasteiger partial charge in [-0.2, -0.15) is 0 Å². The predicted molar refractivity (Wildman–Crippen MR) is 88.2 cm³/mol. The summed E-state index contributed by atoms with van der Waals surface area (Å²) in [6.45, 7) is 1.20. The molecule has 7 nitrogen and oxygen atoms in total.